The van der Waals surface area contributed by atoms with Crippen LogP contribution in [0.2, 0.25) is 0 Å². The van der Waals surface area contributed by atoms with Crippen molar-refractivity contribution in [1.82, 2.24) is 4.90 Å². The van der Waals surface area contributed by atoms with Crippen molar-refractivity contribution < 1.29 is 4.79 Å². The molecule has 2 aliphatic rings. The zero-order valence-electron chi connectivity index (χ0n) is 16.5. The fourth-order valence-corrected chi connectivity index (χ4v) is 4.56. The van der Waals surface area contributed by atoms with Crippen molar-refractivity contribution in [3.8, 4) is 0 Å². The van der Waals surface area contributed by atoms with E-state index in [1.165, 1.54) is 28.6 Å². The highest BCUT2D eigenvalue weighted by Gasteiger charge is 2.32. The van der Waals surface area contributed by atoms with Gasteiger partial charge in [0.05, 0.1) is 10.4 Å². The average Bonchev–Trinajstić information content (AvgIpc) is 2.88. The van der Waals surface area contributed by atoms with Crippen LogP contribution in [0, 0.1) is 0 Å². The number of carbonyl (C=O) groups excluding carboxylic acids is 1. The molecule has 2 aliphatic heterocycles. The monoisotopic (exact) mass is 369 g/mol. The van der Waals surface area contributed by atoms with E-state index >= 15 is 0 Å². The molecule has 0 aliphatic carbocycles. The molecule has 138 valence electrons. The number of fused-ring (bicyclic) bond motifs is 1. The highest BCUT2D eigenvalue weighted by Crippen LogP contribution is 2.39. The van der Waals surface area contributed by atoms with Crippen LogP contribution in [0.4, 0.5) is 5.69 Å². The van der Waals surface area contributed by atoms with E-state index in [2.05, 4.69) is 62.0 Å². The first-order valence-electron chi connectivity index (χ1n) is 9.12. The van der Waals surface area contributed by atoms with Gasteiger partial charge in [0, 0.05) is 31.4 Å². The van der Waals surface area contributed by atoms with Crippen molar-refractivity contribution in [3.05, 3.63) is 40.3 Å². The third-order valence-electron chi connectivity index (χ3n) is 5.04. The summed E-state index contributed by atoms with van der Waals surface area (Å²) in [5, 5.41) is 0.807. The molecule has 0 unspecified atom stereocenters. The number of amides is 1. The molecular weight excluding hydrogens is 342 g/mol. The minimum absolute atomic E-state index is 0.00147. The highest BCUT2D eigenvalue weighted by atomic mass is 32.2. The van der Waals surface area contributed by atoms with E-state index in [-0.39, 0.29) is 11.4 Å². The van der Waals surface area contributed by atoms with E-state index in [4.69, 9.17) is 0 Å². The van der Waals surface area contributed by atoms with Gasteiger partial charge in [0.15, 0.2) is 5.17 Å². The van der Waals surface area contributed by atoms with Crippen LogP contribution in [0.5, 0.6) is 0 Å². The summed E-state index contributed by atoms with van der Waals surface area (Å²) >= 11 is 1.47. The van der Waals surface area contributed by atoms with Gasteiger partial charge in [-0.25, -0.2) is 0 Å². The molecule has 2 heterocycles. The van der Waals surface area contributed by atoms with Gasteiger partial charge >= 0.3 is 0 Å². The number of aliphatic imine (C=N–C) groups is 1. The Balaban J connectivity index is 1.98. The third-order valence-corrected chi connectivity index (χ3v) is 6.08. The molecule has 0 atom stereocenters. The van der Waals surface area contributed by atoms with E-state index in [1.807, 2.05) is 19.9 Å². The predicted octanol–water partition coefficient (Wildman–Crippen LogP) is 4.63. The summed E-state index contributed by atoms with van der Waals surface area (Å²) in [5.74, 6) is 0.0490. The minimum Gasteiger partial charge on any atom is -0.366 e. The maximum absolute atomic E-state index is 12.7. The summed E-state index contributed by atoms with van der Waals surface area (Å²) in [4.78, 5) is 21.9. The standard InChI is InChI=1S/C21H27N3OS/c1-7-22-20-24(8-2)19(25)18(26-20)12-15-9-10-17-16(11-15)14(3)13-21(4,5)23(17)6/h9-13H,7-8H2,1-6H3/b18-12-,22-20?. The first-order chi connectivity index (χ1) is 12.3. The maximum atomic E-state index is 12.7. The Hall–Kier alpha value is -2.01. The van der Waals surface area contributed by atoms with Gasteiger partial charge in [0.25, 0.3) is 5.91 Å². The Bertz CT molecular complexity index is 836. The van der Waals surface area contributed by atoms with Crippen LogP contribution in [0.1, 0.15) is 45.7 Å². The Morgan fingerprint density at radius 3 is 2.65 bits per heavy atom. The number of likely N-dealkylation sites (N-methyl/N-ethyl adjacent to an activating group) is 2. The lowest BCUT2D eigenvalue weighted by molar-refractivity contribution is -0.122. The molecule has 1 amide bonds. The zero-order chi connectivity index (χ0) is 19.1. The lowest BCUT2D eigenvalue weighted by Gasteiger charge is -2.40. The summed E-state index contributed by atoms with van der Waals surface area (Å²) in [6.07, 6.45) is 4.29. The zero-order valence-corrected chi connectivity index (χ0v) is 17.3. The average molecular weight is 370 g/mol. The second kappa shape index (κ2) is 6.95. The van der Waals surface area contributed by atoms with Crippen LogP contribution in [0.15, 0.2) is 34.2 Å². The van der Waals surface area contributed by atoms with Crippen molar-refractivity contribution in [2.24, 2.45) is 4.99 Å². The first kappa shape index (κ1) is 18.8. The topological polar surface area (TPSA) is 35.9 Å². The van der Waals surface area contributed by atoms with Crippen molar-refractivity contribution in [3.63, 3.8) is 0 Å². The van der Waals surface area contributed by atoms with Gasteiger partial charge in [-0.2, -0.15) is 0 Å². The number of thioether (sulfide) groups is 1. The molecule has 0 saturated carbocycles. The van der Waals surface area contributed by atoms with E-state index < -0.39 is 0 Å². The molecule has 0 spiro atoms. The number of allylic oxidation sites excluding steroid dienone is 1. The summed E-state index contributed by atoms with van der Waals surface area (Å²) in [5.41, 5.74) is 4.78. The van der Waals surface area contributed by atoms with Gasteiger partial charge in [-0.3, -0.25) is 14.7 Å². The van der Waals surface area contributed by atoms with Gasteiger partial charge in [-0.15, -0.1) is 0 Å². The van der Waals surface area contributed by atoms with E-state index in [9.17, 15) is 4.79 Å². The molecule has 1 saturated heterocycles. The molecule has 1 aromatic rings. The van der Waals surface area contributed by atoms with Crippen LogP contribution in [-0.4, -0.2) is 41.7 Å². The number of hydrogen-bond donors (Lipinski definition) is 0. The van der Waals surface area contributed by atoms with E-state index in [1.54, 1.807) is 4.90 Å². The number of carbonyl (C=O) groups is 1. The minimum atomic E-state index is 0.00147. The van der Waals surface area contributed by atoms with Crippen molar-refractivity contribution in [2.45, 2.75) is 40.2 Å². The number of hydrogen-bond acceptors (Lipinski definition) is 4. The van der Waals surface area contributed by atoms with Crippen LogP contribution in [0.3, 0.4) is 0 Å². The fraction of sp³-hybridized carbons (Fsp3) is 0.429. The molecule has 0 aromatic heterocycles. The van der Waals surface area contributed by atoms with Crippen LogP contribution in [-0.2, 0) is 4.79 Å². The second-order valence-corrected chi connectivity index (χ2v) is 8.24. The van der Waals surface area contributed by atoms with Gasteiger partial charge in [0.1, 0.15) is 0 Å². The molecule has 0 radical (unpaired) electrons. The van der Waals surface area contributed by atoms with Crippen molar-refractivity contribution >= 4 is 40.2 Å². The maximum Gasteiger partial charge on any atom is 0.266 e. The Morgan fingerprint density at radius 2 is 2.00 bits per heavy atom. The molecule has 26 heavy (non-hydrogen) atoms. The predicted molar refractivity (Wildman–Crippen MR) is 114 cm³/mol. The summed E-state index contributed by atoms with van der Waals surface area (Å²) in [7, 11) is 2.13. The van der Waals surface area contributed by atoms with Gasteiger partial charge in [0.2, 0.25) is 0 Å². The van der Waals surface area contributed by atoms with Crippen LogP contribution >= 0.6 is 11.8 Å². The molecule has 0 bridgehead atoms. The van der Waals surface area contributed by atoms with E-state index in [0.29, 0.717) is 13.1 Å². The van der Waals surface area contributed by atoms with Crippen LogP contribution < -0.4 is 4.90 Å². The number of benzene rings is 1. The van der Waals surface area contributed by atoms with Gasteiger partial charge in [-0.1, -0.05) is 12.1 Å². The summed E-state index contributed by atoms with van der Waals surface area (Å²) in [6.45, 7) is 11.9. The molecule has 1 fully saturated rings. The Labute approximate surface area is 160 Å². The van der Waals surface area contributed by atoms with Crippen molar-refractivity contribution in [2.75, 3.05) is 25.0 Å². The molecule has 0 N–H and O–H groups in total. The fourth-order valence-electron chi connectivity index (χ4n) is 3.46. The van der Waals surface area contributed by atoms with E-state index in [0.717, 1.165) is 15.6 Å². The smallest absolute Gasteiger partial charge is 0.266 e. The lowest BCUT2D eigenvalue weighted by Crippen LogP contribution is -2.42. The first-order valence-corrected chi connectivity index (χ1v) is 9.93. The third kappa shape index (κ3) is 3.20. The molecule has 3 rings (SSSR count). The highest BCUT2D eigenvalue weighted by molar-refractivity contribution is 8.18. The Kier molecular flexibility index (Phi) is 5.02. The molecule has 4 nitrogen and oxygen atoms in total. The number of anilines is 1. The SMILES string of the molecule is CCN=C1S/C(=C\c2ccc3c(c2)C(C)=CC(C)(C)N3C)C(=O)N1CC. The quantitative estimate of drug-likeness (QED) is 0.729. The second-order valence-electron chi connectivity index (χ2n) is 7.23. The van der Waals surface area contributed by atoms with Crippen molar-refractivity contribution in [1.29, 1.82) is 0 Å². The number of nitrogens with zero attached hydrogens (tertiary/aromatic N) is 3. The lowest BCUT2D eigenvalue weighted by atomic mass is 9.88. The van der Waals surface area contributed by atoms with Gasteiger partial charge in [-0.05, 0) is 75.7 Å². The number of rotatable bonds is 3. The largest absolute Gasteiger partial charge is 0.366 e. The number of amidine groups is 1. The normalized spacial score (nSPS) is 22.2. The Morgan fingerprint density at radius 1 is 1.27 bits per heavy atom. The summed E-state index contributed by atoms with van der Waals surface area (Å²) < 4.78 is 0. The van der Waals surface area contributed by atoms with Gasteiger partial charge < -0.3 is 4.90 Å². The molecule has 1 aromatic carbocycles. The van der Waals surface area contributed by atoms with Crippen LogP contribution in [0.25, 0.3) is 11.6 Å². The molecular formula is C21H27N3OS. The summed E-state index contributed by atoms with van der Waals surface area (Å²) in [6, 6.07) is 6.43. The molecule has 5 heteroatoms.